The molecule has 2 heteroatoms. The Bertz CT molecular complexity index is 329. The minimum absolute atomic E-state index is 1.06. The van der Waals surface area contributed by atoms with Gasteiger partial charge >= 0.3 is 0 Å². The molecule has 0 spiro atoms. The van der Waals surface area contributed by atoms with E-state index in [9.17, 15) is 0 Å². The van der Waals surface area contributed by atoms with Gasteiger partial charge in [-0.15, -0.1) is 11.8 Å². The van der Waals surface area contributed by atoms with Crippen LogP contribution in [0.25, 0.3) is 0 Å². The van der Waals surface area contributed by atoms with Crippen molar-refractivity contribution in [1.82, 2.24) is 0 Å². The molecule has 0 radical (unpaired) electrons. The molecule has 68 valence electrons. The van der Waals surface area contributed by atoms with Crippen LogP contribution in [-0.2, 0) is 0 Å². The first-order valence-electron chi connectivity index (χ1n) is 4.42. The Balaban J connectivity index is 2.30. The molecule has 1 heterocycles. The van der Waals surface area contributed by atoms with Crippen molar-refractivity contribution in [3.8, 4) is 0 Å². The average Bonchev–Trinajstić information content (AvgIpc) is 2.49. The fraction of sp³-hybridized carbons (Fsp3) is 0.273. The lowest BCUT2D eigenvalue weighted by molar-refractivity contribution is 1.08. The van der Waals surface area contributed by atoms with Crippen LogP contribution in [0, 0.1) is 0 Å². The first-order chi connectivity index (χ1) is 6.29. The van der Waals surface area contributed by atoms with Crippen LogP contribution in [0.5, 0.6) is 0 Å². The van der Waals surface area contributed by atoms with E-state index in [0.717, 1.165) is 5.88 Å². The van der Waals surface area contributed by atoms with Gasteiger partial charge in [-0.2, -0.15) is 0 Å². The molecule has 2 rings (SSSR count). The minimum Gasteiger partial charge on any atom is -0.335 e. The second-order valence-electron chi connectivity index (χ2n) is 3.18. The lowest BCUT2D eigenvalue weighted by atomic mass is 10.3. The van der Waals surface area contributed by atoms with Crippen molar-refractivity contribution in [2.45, 2.75) is 13.8 Å². The first kappa shape index (κ1) is 8.70. The molecule has 0 atom stereocenters. The van der Waals surface area contributed by atoms with E-state index in [1.54, 1.807) is 0 Å². The van der Waals surface area contributed by atoms with Gasteiger partial charge in [-0.1, -0.05) is 18.2 Å². The van der Waals surface area contributed by atoms with Gasteiger partial charge in [-0.3, -0.25) is 0 Å². The molecule has 1 aliphatic rings. The summed E-state index contributed by atoms with van der Waals surface area (Å²) in [6.07, 6.45) is 0. The zero-order chi connectivity index (χ0) is 9.26. The Hall–Kier alpha value is -0.890. The Labute approximate surface area is 83.4 Å². The molecule has 1 aromatic carbocycles. The molecule has 0 saturated heterocycles. The van der Waals surface area contributed by atoms with Crippen LogP contribution in [-0.4, -0.2) is 5.88 Å². The van der Waals surface area contributed by atoms with Gasteiger partial charge in [-0.05, 0) is 26.0 Å². The summed E-state index contributed by atoms with van der Waals surface area (Å²) in [5.41, 5.74) is 2.68. The molecule has 0 fully saturated rings. The first-order valence-corrected chi connectivity index (χ1v) is 5.40. The maximum Gasteiger partial charge on any atom is 0.0729 e. The molecular formula is C11H13NS. The van der Waals surface area contributed by atoms with Crippen LogP contribution in [0.3, 0.4) is 0 Å². The topological polar surface area (TPSA) is 3.24 Å². The Morgan fingerprint density at radius 3 is 2.38 bits per heavy atom. The number of hydrogen-bond acceptors (Lipinski definition) is 2. The van der Waals surface area contributed by atoms with E-state index in [0.29, 0.717) is 0 Å². The zero-order valence-corrected chi connectivity index (χ0v) is 8.77. The van der Waals surface area contributed by atoms with Gasteiger partial charge in [0.2, 0.25) is 0 Å². The molecule has 13 heavy (non-hydrogen) atoms. The van der Waals surface area contributed by atoms with Gasteiger partial charge < -0.3 is 4.90 Å². The van der Waals surface area contributed by atoms with Crippen LogP contribution in [0.4, 0.5) is 5.69 Å². The largest absolute Gasteiger partial charge is 0.335 e. The number of anilines is 1. The van der Waals surface area contributed by atoms with Crippen molar-refractivity contribution in [2.75, 3.05) is 10.8 Å². The highest BCUT2D eigenvalue weighted by atomic mass is 32.2. The number of rotatable bonds is 1. The van der Waals surface area contributed by atoms with E-state index >= 15 is 0 Å². The summed E-state index contributed by atoms with van der Waals surface area (Å²) in [7, 11) is 0. The van der Waals surface area contributed by atoms with Crippen LogP contribution < -0.4 is 4.90 Å². The summed E-state index contributed by atoms with van der Waals surface area (Å²) in [5.74, 6) is 1.06. The van der Waals surface area contributed by atoms with Gasteiger partial charge in [0.25, 0.3) is 0 Å². The van der Waals surface area contributed by atoms with E-state index in [4.69, 9.17) is 0 Å². The Kier molecular flexibility index (Phi) is 2.32. The fourth-order valence-corrected chi connectivity index (χ4v) is 2.41. The van der Waals surface area contributed by atoms with Crippen LogP contribution in [0.15, 0.2) is 40.9 Å². The molecule has 0 bridgehead atoms. The number of nitrogens with zero attached hydrogens (tertiary/aromatic N) is 1. The maximum absolute atomic E-state index is 2.35. The molecule has 1 aliphatic heterocycles. The third-order valence-electron chi connectivity index (χ3n) is 2.39. The van der Waals surface area contributed by atoms with Gasteiger partial charge in [0.15, 0.2) is 0 Å². The van der Waals surface area contributed by atoms with E-state index < -0.39 is 0 Å². The molecule has 0 amide bonds. The molecule has 0 N–H and O–H groups in total. The lowest BCUT2D eigenvalue weighted by Crippen LogP contribution is -2.15. The summed E-state index contributed by atoms with van der Waals surface area (Å²) in [6.45, 7) is 4.37. The third kappa shape index (κ3) is 1.59. The summed E-state index contributed by atoms with van der Waals surface area (Å²) in [5, 5.41) is 0. The predicted octanol–water partition coefficient (Wildman–Crippen LogP) is 3.45. The average molecular weight is 191 g/mol. The third-order valence-corrected chi connectivity index (χ3v) is 3.51. The summed E-state index contributed by atoms with van der Waals surface area (Å²) in [6, 6.07) is 10.5. The molecule has 0 aromatic heterocycles. The highest BCUT2D eigenvalue weighted by Gasteiger charge is 2.17. The minimum atomic E-state index is 1.06. The number of thioether (sulfide) groups is 1. The van der Waals surface area contributed by atoms with Gasteiger partial charge in [0.1, 0.15) is 0 Å². The highest BCUT2D eigenvalue weighted by molar-refractivity contribution is 8.03. The smallest absolute Gasteiger partial charge is 0.0729 e. The fourth-order valence-electron chi connectivity index (χ4n) is 1.43. The molecule has 0 unspecified atom stereocenters. The quantitative estimate of drug-likeness (QED) is 0.669. The van der Waals surface area contributed by atoms with Crippen molar-refractivity contribution in [2.24, 2.45) is 0 Å². The van der Waals surface area contributed by atoms with E-state index in [-0.39, 0.29) is 0 Å². The van der Waals surface area contributed by atoms with E-state index in [1.165, 1.54) is 16.3 Å². The van der Waals surface area contributed by atoms with Crippen LogP contribution in [0.2, 0.25) is 0 Å². The summed E-state index contributed by atoms with van der Waals surface area (Å²) < 4.78 is 0. The Morgan fingerprint density at radius 1 is 1.15 bits per heavy atom. The maximum atomic E-state index is 2.35. The van der Waals surface area contributed by atoms with Crippen LogP contribution >= 0.6 is 11.8 Å². The number of hydrogen-bond donors (Lipinski definition) is 0. The lowest BCUT2D eigenvalue weighted by Gasteiger charge is -2.18. The second kappa shape index (κ2) is 3.46. The van der Waals surface area contributed by atoms with E-state index in [1.807, 2.05) is 11.8 Å². The van der Waals surface area contributed by atoms with Crippen molar-refractivity contribution in [3.63, 3.8) is 0 Å². The zero-order valence-electron chi connectivity index (χ0n) is 7.95. The van der Waals surface area contributed by atoms with Gasteiger partial charge in [-0.25, -0.2) is 0 Å². The standard InChI is InChI=1S/C11H13NS/c1-9-10(2)13-8-12(9)11-6-4-3-5-7-11/h3-7H,8H2,1-2H3. The van der Waals surface area contributed by atoms with Crippen molar-refractivity contribution >= 4 is 17.4 Å². The molecule has 1 nitrogen and oxygen atoms in total. The van der Waals surface area contributed by atoms with Crippen molar-refractivity contribution in [3.05, 3.63) is 40.9 Å². The SMILES string of the molecule is CC1=C(C)N(c2ccccc2)CS1. The molecule has 1 aromatic rings. The Morgan fingerprint density at radius 2 is 1.85 bits per heavy atom. The molecule has 0 saturated carbocycles. The normalized spacial score (nSPS) is 16.9. The van der Waals surface area contributed by atoms with Crippen molar-refractivity contribution in [1.29, 1.82) is 0 Å². The van der Waals surface area contributed by atoms with Gasteiger partial charge in [0, 0.05) is 16.3 Å². The molecule has 0 aliphatic carbocycles. The highest BCUT2D eigenvalue weighted by Crippen LogP contribution is 2.34. The second-order valence-corrected chi connectivity index (χ2v) is 4.34. The molecular weight excluding hydrogens is 178 g/mol. The van der Waals surface area contributed by atoms with E-state index in [2.05, 4.69) is 49.1 Å². The monoisotopic (exact) mass is 191 g/mol. The summed E-state index contributed by atoms with van der Waals surface area (Å²) in [4.78, 5) is 3.78. The summed E-state index contributed by atoms with van der Waals surface area (Å²) >= 11 is 1.91. The van der Waals surface area contributed by atoms with Crippen LogP contribution in [0.1, 0.15) is 13.8 Å². The van der Waals surface area contributed by atoms with Gasteiger partial charge in [0.05, 0.1) is 5.88 Å². The number of benzene rings is 1. The number of allylic oxidation sites excluding steroid dienone is 2. The van der Waals surface area contributed by atoms with Crippen molar-refractivity contribution < 1.29 is 0 Å². The number of para-hydroxylation sites is 1. The predicted molar refractivity (Wildman–Crippen MR) is 59.8 cm³/mol.